The van der Waals surface area contributed by atoms with E-state index in [-0.39, 0.29) is 12.2 Å². The number of methoxy groups -OCH3 is 1. The lowest BCUT2D eigenvalue weighted by Gasteiger charge is -1.99. The third kappa shape index (κ3) is 1.51. The van der Waals surface area contributed by atoms with Crippen LogP contribution in [0.4, 0.5) is 0 Å². The van der Waals surface area contributed by atoms with Crippen molar-refractivity contribution in [2.45, 2.75) is 12.2 Å². The molecule has 1 fully saturated rings. The Labute approximate surface area is 77.5 Å². The van der Waals surface area contributed by atoms with Gasteiger partial charge in [0, 0.05) is 0 Å². The SMILES string of the molecule is C#C[C@@H]1O[C@@H]1c1ccc(OC)cc1. The average molecular weight is 174 g/mol. The molecule has 13 heavy (non-hydrogen) atoms. The summed E-state index contributed by atoms with van der Waals surface area (Å²) >= 11 is 0. The maximum Gasteiger partial charge on any atom is 0.149 e. The summed E-state index contributed by atoms with van der Waals surface area (Å²) in [4.78, 5) is 0. The number of terminal acetylenes is 1. The molecule has 2 atom stereocenters. The molecule has 0 radical (unpaired) electrons. The number of benzene rings is 1. The molecule has 0 N–H and O–H groups in total. The minimum absolute atomic E-state index is 0.0339. The molecule has 1 heterocycles. The Morgan fingerprint density at radius 2 is 2.08 bits per heavy atom. The van der Waals surface area contributed by atoms with Crippen LogP contribution in [0.15, 0.2) is 24.3 Å². The highest BCUT2D eigenvalue weighted by Gasteiger charge is 2.38. The van der Waals surface area contributed by atoms with Crippen LogP contribution in [0.25, 0.3) is 0 Å². The number of ether oxygens (including phenoxy) is 2. The van der Waals surface area contributed by atoms with Crippen molar-refractivity contribution in [3.8, 4) is 18.1 Å². The summed E-state index contributed by atoms with van der Waals surface area (Å²) in [5.41, 5.74) is 1.11. The van der Waals surface area contributed by atoms with Crippen LogP contribution in [0, 0.1) is 12.3 Å². The van der Waals surface area contributed by atoms with Gasteiger partial charge in [0.15, 0.2) is 0 Å². The second-order valence-corrected chi connectivity index (χ2v) is 2.92. The Morgan fingerprint density at radius 3 is 2.54 bits per heavy atom. The molecule has 0 bridgehead atoms. The van der Waals surface area contributed by atoms with E-state index < -0.39 is 0 Å². The fourth-order valence-electron chi connectivity index (χ4n) is 1.29. The van der Waals surface area contributed by atoms with E-state index in [1.165, 1.54) is 0 Å². The zero-order valence-corrected chi connectivity index (χ0v) is 7.36. The van der Waals surface area contributed by atoms with Crippen molar-refractivity contribution in [2.75, 3.05) is 7.11 Å². The molecule has 0 unspecified atom stereocenters. The summed E-state index contributed by atoms with van der Waals surface area (Å²) in [6.07, 6.45) is 5.28. The third-order valence-corrected chi connectivity index (χ3v) is 2.10. The highest BCUT2D eigenvalue weighted by Crippen LogP contribution is 2.38. The maximum absolute atomic E-state index is 5.25. The van der Waals surface area contributed by atoms with E-state index in [0.29, 0.717) is 0 Å². The summed E-state index contributed by atoms with van der Waals surface area (Å²) in [7, 11) is 1.65. The summed E-state index contributed by atoms with van der Waals surface area (Å²) in [6.45, 7) is 0. The van der Waals surface area contributed by atoms with E-state index in [1.807, 2.05) is 24.3 Å². The van der Waals surface area contributed by atoms with Crippen LogP contribution in [0.2, 0.25) is 0 Å². The van der Waals surface area contributed by atoms with Crippen LogP contribution < -0.4 is 4.74 Å². The maximum atomic E-state index is 5.25. The van der Waals surface area contributed by atoms with E-state index in [0.717, 1.165) is 11.3 Å². The molecule has 1 aromatic rings. The molecule has 0 aromatic heterocycles. The van der Waals surface area contributed by atoms with Gasteiger partial charge in [0.25, 0.3) is 0 Å². The lowest BCUT2D eigenvalue weighted by atomic mass is 10.1. The summed E-state index contributed by atoms with van der Waals surface area (Å²) < 4.78 is 10.3. The van der Waals surface area contributed by atoms with Gasteiger partial charge >= 0.3 is 0 Å². The van der Waals surface area contributed by atoms with Gasteiger partial charge in [-0.2, -0.15) is 0 Å². The average Bonchev–Trinajstić information content (AvgIpc) is 2.97. The monoisotopic (exact) mass is 174 g/mol. The van der Waals surface area contributed by atoms with Crippen molar-refractivity contribution in [3.63, 3.8) is 0 Å². The van der Waals surface area contributed by atoms with Crippen LogP contribution >= 0.6 is 0 Å². The van der Waals surface area contributed by atoms with Gasteiger partial charge in [-0.15, -0.1) is 6.42 Å². The third-order valence-electron chi connectivity index (χ3n) is 2.10. The molecule has 0 saturated carbocycles. The van der Waals surface area contributed by atoms with Gasteiger partial charge in [-0.25, -0.2) is 0 Å². The van der Waals surface area contributed by atoms with Crippen molar-refractivity contribution in [3.05, 3.63) is 29.8 Å². The van der Waals surface area contributed by atoms with Crippen LogP contribution in [0.5, 0.6) is 5.75 Å². The molecular formula is C11H10O2. The molecule has 1 aliphatic heterocycles. The van der Waals surface area contributed by atoms with E-state index in [4.69, 9.17) is 15.9 Å². The smallest absolute Gasteiger partial charge is 0.149 e. The molecule has 2 nitrogen and oxygen atoms in total. The number of epoxide rings is 1. The number of rotatable bonds is 2. The first-order valence-electron chi connectivity index (χ1n) is 4.10. The first-order valence-corrected chi connectivity index (χ1v) is 4.10. The van der Waals surface area contributed by atoms with Gasteiger partial charge in [-0.1, -0.05) is 18.1 Å². The molecule has 1 saturated heterocycles. The van der Waals surface area contributed by atoms with Crippen molar-refractivity contribution in [1.29, 1.82) is 0 Å². The predicted molar refractivity (Wildman–Crippen MR) is 49.4 cm³/mol. The normalized spacial score (nSPS) is 24.9. The zero-order valence-electron chi connectivity index (χ0n) is 7.36. The van der Waals surface area contributed by atoms with Gasteiger partial charge in [0.05, 0.1) is 7.11 Å². The molecule has 0 amide bonds. The van der Waals surface area contributed by atoms with Gasteiger partial charge in [0.2, 0.25) is 0 Å². The van der Waals surface area contributed by atoms with E-state index in [9.17, 15) is 0 Å². The molecule has 0 spiro atoms. The van der Waals surface area contributed by atoms with Gasteiger partial charge in [-0.3, -0.25) is 0 Å². The van der Waals surface area contributed by atoms with Crippen LogP contribution in [-0.2, 0) is 4.74 Å². The topological polar surface area (TPSA) is 21.8 Å². The quantitative estimate of drug-likeness (QED) is 0.503. The standard InChI is InChI=1S/C11H10O2/c1-3-10-11(13-10)8-4-6-9(12-2)7-5-8/h1,4-7,10-11H,2H3/t10-,11+/m0/s1. The van der Waals surface area contributed by atoms with E-state index in [2.05, 4.69) is 5.92 Å². The fourth-order valence-corrected chi connectivity index (χ4v) is 1.29. The molecular weight excluding hydrogens is 164 g/mol. The molecule has 2 heteroatoms. The molecule has 0 aliphatic carbocycles. The second-order valence-electron chi connectivity index (χ2n) is 2.92. The highest BCUT2D eigenvalue weighted by atomic mass is 16.6. The van der Waals surface area contributed by atoms with Crippen LogP contribution in [0.1, 0.15) is 11.7 Å². The Morgan fingerprint density at radius 1 is 1.38 bits per heavy atom. The first kappa shape index (κ1) is 8.15. The summed E-state index contributed by atoms with van der Waals surface area (Å²) in [5.74, 6) is 3.41. The summed E-state index contributed by atoms with van der Waals surface area (Å²) in [6, 6.07) is 7.76. The van der Waals surface area contributed by atoms with Gasteiger partial charge in [-0.05, 0) is 17.7 Å². The Balaban J connectivity index is 2.12. The lowest BCUT2D eigenvalue weighted by molar-refractivity contribution is 0.396. The van der Waals surface area contributed by atoms with Crippen molar-refractivity contribution < 1.29 is 9.47 Å². The minimum atomic E-state index is -0.0339. The Hall–Kier alpha value is -1.46. The van der Waals surface area contributed by atoms with E-state index in [1.54, 1.807) is 7.11 Å². The molecule has 2 rings (SSSR count). The van der Waals surface area contributed by atoms with Crippen molar-refractivity contribution in [2.24, 2.45) is 0 Å². The molecule has 66 valence electrons. The molecule has 1 aliphatic rings. The Bertz CT molecular complexity index is 334. The first-order chi connectivity index (χ1) is 6.35. The lowest BCUT2D eigenvalue weighted by Crippen LogP contribution is -1.86. The number of hydrogen-bond acceptors (Lipinski definition) is 2. The summed E-state index contributed by atoms with van der Waals surface area (Å²) in [5, 5.41) is 0. The van der Waals surface area contributed by atoms with Gasteiger partial charge in [0.1, 0.15) is 18.0 Å². The zero-order chi connectivity index (χ0) is 9.26. The number of hydrogen-bond donors (Lipinski definition) is 0. The van der Waals surface area contributed by atoms with E-state index >= 15 is 0 Å². The highest BCUT2D eigenvalue weighted by molar-refractivity contribution is 5.32. The second kappa shape index (κ2) is 3.12. The predicted octanol–water partition coefficient (Wildman–Crippen LogP) is 1.77. The molecule has 1 aromatic carbocycles. The van der Waals surface area contributed by atoms with Crippen molar-refractivity contribution >= 4 is 0 Å². The largest absolute Gasteiger partial charge is 0.497 e. The Kier molecular flexibility index (Phi) is 1.96. The fraction of sp³-hybridized carbons (Fsp3) is 0.273. The van der Waals surface area contributed by atoms with Crippen LogP contribution in [0.3, 0.4) is 0 Å². The van der Waals surface area contributed by atoms with Crippen molar-refractivity contribution in [1.82, 2.24) is 0 Å². The van der Waals surface area contributed by atoms with Gasteiger partial charge < -0.3 is 9.47 Å². The minimum Gasteiger partial charge on any atom is -0.497 e. The van der Waals surface area contributed by atoms with Crippen LogP contribution in [-0.4, -0.2) is 13.2 Å².